The fourth-order valence-electron chi connectivity index (χ4n) is 4.46. The van der Waals surface area contributed by atoms with Crippen LogP contribution in [0, 0.1) is 0 Å². The molecule has 0 aromatic heterocycles. The molecule has 0 bridgehead atoms. The normalized spacial score (nSPS) is 26.4. The number of nitrogens with zero attached hydrogens (tertiary/aromatic N) is 2. The van der Waals surface area contributed by atoms with Gasteiger partial charge in [-0.05, 0) is 24.3 Å². The molecule has 1 aromatic rings. The number of amides is 2. The number of ketones is 1. The summed E-state index contributed by atoms with van der Waals surface area (Å²) in [5, 5.41) is 3.15. The third-order valence-electron chi connectivity index (χ3n) is 6.32. The first-order valence-electron chi connectivity index (χ1n) is 10.2. The number of carbonyl (C=O) groups is 2. The van der Waals surface area contributed by atoms with Crippen LogP contribution in [0.4, 0.5) is 4.79 Å². The summed E-state index contributed by atoms with van der Waals surface area (Å²) in [6, 6.07) is 10.6. The van der Waals surface area contributed by atoms with Crippen LogP contribution in [-0.2, 0) is 9.53 Å². The van der Waals surface area contributed by atoms with Crippen LogP contribution in [0.2, 0.25) is 0 Å². The summed E-state index contributed by atoms with van der Waals surface area (Å²) in [6.45, 7) is 1.12. The van der Waals surface area contributed by atoms with Crippen molar-refractivity contribution in [2.75, 3.05) is 20.1 Å². The van der Waals surface area contributed by atoms with E-state index in [1.807, 2.05) is 11.0 Å². The summed E-state index contributed by atoms with van der Waals surface area (Å²) in [5.41, 5.74) is 6.74. The molecule has 3 aliphatic rings. The van der Waals surface area contributed by atoms with E-state index in [9.17, 15) is 9.59 Å². The molecular formula is C22H28N4O3. The van der Waals surface area contributed by atoms with Gasteiger partial charge in [-0.2, -0.15) is 0 Å². The summed E-state index contributed by atoms with van der Waals surface area (Å²) in [4.78, 5) is 30.7. The maximum Gasteiger partial charge on any atom is 0.317 e. The lowest BCUT2D eigenvalue weighted by molar-refractivity contribution is -0.127. The zero-order valence-corrected chi connectivity index (χ0v) is 16.8. The highest BCUT2D eigenvalue weighted by Gasteiger charge is 2.44. The number of benzene rings is 1. The summed E-state index contributed by atoms with van der Waals surface area (Å²) in [5.74, 6) is 0.775. The van der Waals surface area contributed by atoms with E-state index < -0.39 is 5.60 Å². The van der Waals surface area contributed by atoms with E-state index in [-0.39, 0.29) is 30.0 Å². The van der Waals surface area contributed by atoms with Gasteiger partial charge in [0, 0.05) is 39.0 Å². The molecule has 1 spiro atoms. The molecule has 1 aromatic carbocycles. The summed E-state index contributed by atoms with van der Waals surface area (Å²) in [7, 11) is 1.62. The van der Waals surface area contributed by atoms with Gasteiger partial charge in [0.15, 0.2) is 11.5 Å². The molecule has 7 heteroatoms. The van der Waals surface area contributed by atoms with Crippen LogP contribution in [0.15, 0.2) is 46.8 Å². The number of allylic oxidation sites excluding steroid dienone is 2. The fraction of sp³-hybridized carbons (Fsp3) is 0.500. The van der Waals surface area contributed by atoms with Crippen LogP contribution in [0.25, 0.3) is 0 Å². The number of aliphatic imine (C=N–C) groups is 1. The second-order valence-corrected chi connectivity index (χ2v) is 8.26. The third-order valence-corrected chi connectivity index (χ3v) is 6.32. The molecule has 1 aliphatic carbocycles. The van der Waals surface area contributed by atoms with Gasteiger partial charge < -0.3 is 20.7 Å². The molecule has 2 aliphatic heterocycles. The smallest absolute Gasteiger partial charge is 0.317 e. The van der Waals surface area contributed by atoms with E-state index in [1.54, 1.807) is 7.05 Å². The Morgan fingerprint density at radius 2 is 1.97 bits per heavy atom. The summed E-state index contributed by atoms with van der Waals surface area (Å²) >= 11 is 0. The fourth-order valence-corrected chi connectivity index (χ4v) is 4.46. The molecule has 154 valence electrons. The van der Waals surface area contributed by atoms with Crippen LogP contribution in [0.5, 0.6) is 0 Å². The predicted molar refractivity (Wildman–Crippen MR) is 111 cm³/mol. The molecule has 2 amide bonds. The van der Waals surface area contributed by atoms with Gasteiger partial charge in [-0.3, -0.25) is 9.79 Å². The highest BCUT2D eigenvalue weighted by molar-refractivity contribution is 6.01. The van der Waals surface area contributed by atoms with Crippen LogP contribution in [-0.4, -0.2) is 54.7 Å². The van der Waals surface area contributed by atoms with Crippen molar-refractivity contribution in [1.82, 2.24) is 10.2 Å². The lowest BCUT2D eigenvalue weighted by Crippen LogP contribution is -2.55. The van der Waals surface area contributed by atoms with Crippen LogP contribution >= 0.6 is 0 Å². The van der Waals surface area contributed by atoms with E-state index in [4.69, 9.17) is 10.5 Å². The predicted octanol–water partition coefficient (Wildman–Crippen LogP) is 2.34. The maximum absolute atomic E-state index is 12.7. The molecule has 7 nitrogen and oxygen atoms in total. The van der Waals surface area contributed by atoms with Gasteiger partial charge >= 0.3 is 6.03 Å². The van der Waals surface area contributed by atoms with E-state index in [2.05, 4.69) is 34.6 Å². The molecular weight excluding hydrogens is 368 g/mol. The van der Waals surface area contributed by atoms with Gasteiger partial charge in [-0.15, -0.1) is 0 Å². The van der Waals surface area contributed by atoms with Crippen molar-refractivity contribution in [2.45, 2.75) is 49.7 Å². The van der Waals surface area contributed by atoms with E-state index >= 15 is 0 Å². The highest BCUT2D eigenvalue weighted by Crippen LogP contribution is 2.38. The third kappa shape index (κ3) is 3.99. The first-order valence-corrected chi connectivity index (χ1v) is 10.2. The first-order chi connectivity index (χ1) is 14.0. The number of urea groups is 1. The standard InChI is InChI=1S/C22H28N4O3/c1-24-14-19-20(23)18(27)13-22(29-19)7-9-26(10-8-22)21(28)25-17-11-16(12-17)15-5-3-2-4-6-15/h2-6,14,16-17H,7-13,23H2,1H3,(H,25,28). The van der Waals surface area contributed by atoms with Gasteiger partial charge in [0.25, 0.3) is 0 Å². The van der Waals surface area contributed by atoms with Crippen molar-refractivity contribution in [3.8, 4) is 0 Å². The van der Waals surface area contributed by atoms with E-state index in [1.165, 1.54) is 11.8 Å². The number of rotatable bonds is 3. The number of carbonyl (C=O) groups excluding carboxylic acids is 2. The van der Waals surface area contributed by atoms with Gasteiger partial charge in [-0.25, -0.2) is 4.79 Å². The number of Topliss-reactive ketones (excluding diaryl/α,β-unsaturated/α-hetero) is 1. The maximum atomic E-state index is 12.7. The molecule has 0 radical (unpaired) electrons. The van der Waals surface area contributed by atoms with Crippen LogP contribution in [0.1, 0.15) is 43.6 Å². The first kappa shape index (κ1) is 19.5. The topological polar surface area (TPSA) is 97.0 Å². The average molecular weight is 396 g/mol. The minimum absolute atomic E-state index is 0.0242. The molecule has 1 saturated carbocycles. The zero-order chi connectivity index (χ0) is 20.4. The quantitative estimate of drug-likeness (QED) is 0.767. The molecule has 4 rings (SSSR count). The minimum Gasteiger partial charge on any atom is -0.483 e. The van der Waals surface area contributed by atoms with Crippen molar-refractivity contribution >= 4 is 18.0 Å². The number of piperidine rings is 1. The van der Waals surface area contributed by atoms with Crippen molar-refractivity contribution in [2.24, 2.45) is 10.7 Å². The second kappa shape index (κ2) is 7.89. The van der Waals surface area contributed by atoms with Crippen molar-refractivity contribution in [3.63, 3.8) is 0 Å². The Bertz CT molecular complexity index is 835. The van der Waals surface area contributed by atoms with Gasteiger partial charge in [0.1, 0.15) is 11.3 Å². The number of nitrogens with one attached hydrogen (secondary N) is 1. The number of nitrogens with two attached hydrogens (primary N) is 1. The Morgan fingerprint density at radius 1 is 1.28 bits per heavy atom. The lowest BCUT2D eigenvalue weighted by Gasteiger charge is -2.44. The SMILES string of the molecule is CN=CC1=C(N)C(=O)CC2(CCN(C(=O)NC3CC(c4ccccc4)C3)CC2)O1. The molecule has 1 saturated heterocycles. The largest absolute Gasteiger partial charge is 0.483 e. The Labute approximate surface area is 171 Å². The van der Waals surface area contributed by atoms with Crippen LogP contribution < -0.4 is 11.1 Å². The Hall–Kier alpha value is -2.83. The summed E-state index contributed by atoms with van der Waals surface area (Å²) < 4.78 is 6.07. The number of likely N-dealkylation sites (tertiary alicyclic amines) is 1. The van der Waals surface area contributed by atoms with Crippen molar-refractivity contribution < 1.29 is 14.3 Å². The number of hydrogen-bond acceptors (Lipinski definition) is 5. The van der Waals surface area contributed by atoms with Crippen molar-refractivity contribution in [3.05, 3.63) is 47.4 Å². The monoisotopic (exact) mass is 396 g/mol. The van der Waals surface area contributed by atoms with E-state index in [0.29, 0.717) is 37.6 Å². The van der Waals surface area contributed by atoms with Gasteiger partial charge in [0.2, 0.25) is 0 Å². The molecule has 0 unspecified atom stereocenters. The summed E-state index contributed by atoms with van der Waals surface area (Å²) in [6.07, 6.45) is 4.93. The molecule has 0 atom stereocenters. The van der Waals surface area contributed by atoms with Gasteiger partial charge in [0.05, 0.1) is 12.6 Å². The molecule has 2 fully saturated rings. The number of hydrogen-bond donors (Lipinski definition) is 2. The minimum atomic E-state index is -0.581. The average Bonchev–Trinajstić information content (AvgIpc) is 2.69. The highest BCUT2D eigenvalue weighted by atomic mass is 16.5. The van der Waals surface area contributed by atoms with E-state index in [0.717, 1.165) is 12.8 Å². The van der Waals surface area contributed by atoms with Crippen LogP contribution in [0.3, 0.4) is 0 Å². The molecule has 2 heterocycles. The molecule has 3 N–H and O–H groups in total. The number of ether oxygens (including phenoxy) is 1. The Morgan fingerprint density at radius 3 is 2.62 bits per heavy atom. The second-order valence-electron chi connectivity index (χ2n) is 8.26. The van der Waals surface area contributed by atoms with Gasteiger partial charge in [-0.1, -0.05) is 30.3 Å². The zero-order valence-electron chi connectivity index (χ0n) is 16.8. The Kier molecular flexibility index (Phi) is 5.30. The Balaban J connectivity index is 1.28. The molecule has 29 heavy (non-hydrogen) atoms. The van der Waals surface area contributed by atoms with Crippen molar-refractivity contribution in [1.29, 1.82) is 0 Å². The lowest BCUT2D eigenvalue weighted by atomic mass is 9.76.